The lowest BCUT2D eigenvalue weighted by atomic mass is 9.96. The zero-order valence-electron chi connectivity index (χ0n) is 12.4. The van der Waals surface area contributed by atoms with E-state index in [-0.39, 0.29) is 35.5 Å². The number of nitrogens with zero attached hydrogens (tertiary/aromatic N) is 2. The van der Waals surface area contributed by atoms with E-state index in [2.05, 4.69) is 21.2 Å². The molecule has 0 saturated carbocycles. The first-order valence-electron chi connectivity index (χ1n) is 6.88. The van der Waals surface area contributed by atoms with Gasteiger partial charge in [-0.1, -0.05) is 0 Å². The molecule has 1 aromatic rings. The molecule has 0 aromatic heterocycles. The molecule has 1 aliphatic rings. The highest BCUT2D eigenvalue weighted by Crippen LogP contribution is 2.44. The number of hydrogen-bond donors (Lipinski definition) is 3. The summed E-state index contributed by atoms with van der Waals surface area (Å²) in [6.07, 6.45) is 0. The summed E-state index contributed by atoms with van der Waals surface area (Å²) in [4.78, 5) is 11.7. The van der Waals surface area contributed by atoms with Crippen LogP contribution in [0.4, 0.5) is 14.5 Å². The zero-order valence-corrected chi connectivity index (χ0v) is 14.8. The van der Waals surface area contributed by atoms with E-state index in [1.807, 2.05) is 0 Å². The van der Waals surface area contributed by atoms with Crippen molar-refractivity contribution in [2.45, 2.75) is 12.0 Å². The topological polar surface area (TPSA) is 98.9 Å². The number of phenols is 1. The van der Waals surface area contributed by atoms with E-state index in [1.165, 1.54) is 4.90 Å². The number of phenolic OH excluding ortho intramolecular Hbond substituents is 1. The summed E-state index contributed by atoms with van der Waals surface area (Å²) in [6.45, 7) is 0.0328. The smallest absolute Gasteiger partial charge is 0.290 e. The second-order valence-electron chi connectivity index (χ2n) is 5.23. The lowest BCUT2D eigenvalue weighted by molar-refractivity contribution is -0.385. The zero-order chi connectivity index (χ0) is 17.2. The van der Waals surface area contributed by atoms with Gasteiger partial charge in [0.15, 0.2) is 0 Å². The lowest BCUT2D eigenvalue weighted by Crippen LogP contribution is -2.51. The fourth-order valence-electron chi connectivity index (χ4n) is 2.64. The number of nitro groups is 1. The van der Waals surface area contributed by atoms with Crippen LogP contribution in [0.25, 0.3) is 0 Å². The van der Waals surface area contributed by atoms with Crippen LogP contribution in [0.5, 0.6) is 5.75 Å². The van der Waals surface area contributed by atoms with E-state index in [1.54, 1.807) is 0 Å². The first kappa shape index (κ1) is 21.0. The molecule has 0 spiro atoms. The molecule has 1 saturated heterocycles. The number of hydrogen-bond acceptors (Lipinski definition) is 6. The number of halogens is 4. The van der Waals surface area contributed by atoms with Gasteiger partial charge in [0, 0.05) is 43.9 Å². The number of benzene rings is 1. The SMILES string of the molecule is Cl.O=[N+]([O-])c1cc(Br)c(O)c([C@@H](N2CCNCC2)C(F)(F)CO)c1. The first-order chi connectivity index (χ1) is 10.8. The van der Waals surface area contributed by atoms with Crippen molar-refractivity contribution in [3.05, 3.63) is 32.3 Å². The molecule has 3 N–H and O–H groups in total. The summed E-state index contributed by atoms with van der Waals surface area (Å²) in [5.74, 6) is -4.06. The van der Waals surface area contributed by atoms with Crippen LogP contribution in [0.2, 0.25) is 0 Å². The Morgan fingerprint density at radius 2 is 2.00 bits per heavy atom. The molecule has 2 rings (SSSR count). The Hall–Kier alpha value is -1.07. The molecule has 0 unspecified atom stereocenters. The van der Waals surface area contributed by atoms with Crippen molar-refractivity contribution in [2.24, 2.45) is 0 Å². The van der Waals surface area contributed by atoms with Gasteiger partial charge < -0.3 is 15.5 Å². The summed E-state index contributed by atoms with van der Waals surface area (Å²) >= 11 is 2.95. The summed E-state index contributed by atoms with van der Waals surface area (Å²) in [7, 11) is 0. The maximum atomic E-state index is 14.3. The molecule has 1 heterocycles. The van der Waals surface area contributed by atoms with Gasteiger partial charge in [0.2, 0.25) is 0 Å². The average Bonchev–Trinajstić information content (AvgIpc) is 2.52. The van der Waals surface area contributed by atoms with Gasteiger partial charge in [-0.15, -0.1) is 12.4 Å². The minimum atomic E-state index is -3.57. The fourth-order valence-corrected chi connectivity index (χ4v) is 3.10. The lowest BCUT2D eigenvalue weighted by Gasteiger charge is -2.38. The Bertz CT molecular complexity index is 603. The molecule has 0 amide bonds. The van der Waals surface area contributed by atoms with E-state index >= 15 is 0 Å². The Labute approximate surface area is 151 Å². The van der Waals surface area contributed by atoms with Gasteiger partial charge >= 0.3 is 0 Å². The molecule has 0 bridgehead atoms. The van der Waals surface area contributed by atoms with Crippen molar-refractivity contribution >= 4 is 34.0 Å². The van der Waals surface area contributed by atoms with E-state index in [9.17, 15) is 24.0 Å². The number of alkyl halides is 2. The number of non-ortho nitro benzene ring substituents is 1. The van der Waals surface area contributed by atoms with Crippen molar-refractivity contribution in [3.63, 3.8) is 0 Å². The van der Waals surface area contributed by atoms with Crippen LogP contribution in [-0.2, 0) is 0 Å². The van der Waals surface area contributed by atoms with Crippen LogP contribution in [0.15, 0.2) is 16.6 Å². The largest absolute Gasteiger partial charge is 0.506 e. The van der Waals surface area contributed by atoms with E-state index in [4.69, 9.17) is 5.11 Å². The third kappa shape index (κ3) is 4.31. The molecule has 0 aliphatic carbocycles. The Kier molecular flexibility index (Phi) is 7.29. The molecule has 136 valence electrons. The molecule has 1 fully saturated rings. The normalized spacial score (nSPS) is 17.2. The highest BCUT2D eigenvalue weighted by Gasteiger charge is 2.46. The molecule has 11 heteroatoms. The number of nitrogens with one attached hydrogen (secondary N) is 1. The van der Waals surface area contributed by atoms with Gasteiger partial charge in [-0.05, 0) is 15.9 Å². The second-order valence-corrected chi connectivity index (χ2v) is 6.08. The number of nitro benzene ring substituents is 1. The average molecular weight is 433 g/mol. The van der Waals surface area contributed by atoms with Crippen LogP contribution >= 0.6 is 28.3 Å². The number of aliphatic hydroxyl groups is 1. The van der Waals surface area contributed by atoms with Gasteiger partial charge in [0.25, 0.3) is 11.6 Å². The van der Waals surface area contributed by atoms with Crippen molar-refractivity contribution in [1.29, 1.82) is 0 Å². The number of piperazine rings is 1. The molecule has 7 nitrogen and oxygen atoms in total. The molecule has 1 aliphatic heterocycles. The van der Waals surface area contributed by atoms with Gasteiger partial charge in [0.1, 0.15) is 18.4 Å². The summed E-state index contributed by atoms with van der Waals surface area (Å²) in [5.41, 5.74) is -0.703. The molecular formula is C13H17BrClF2N3O4. The Morgan fingerprint density at radius 1 is 1.42 bits per heavy atom. The first-order valence-corrected chi connectivity index (χ1v) is 7.67. The quantitative estimate of drug-likeness (QED) is 0.487. The third-order valence-corrected chi connectivity index (χ3v) is 4.32. The predicted molar refractivity (Wildman–Crippen MR) is 88.9 cm³/mol. The molecule has 1 aromatic carbocycles. The van der Waals surface area contributed by atoms with Gasteiger partial charge in [0.05, 0.1) is 9.40 Å². The van der Waals surface area contributed by atoms with Gasteiger partial charge in [-0.3, -0.25) is 15.0 Å². The van der Waals surface area contributed by atoms with Crippen molar-refractivity contribution in [2.75, 3.05) is 32.8 Å². The monoisotopic (exact) mass is 431 g/mol. The van der Waals surface area contributed by atoms with Gasteiger partial charge in [-0.25, -0.2) is 8.78 Å². The molecule has 1 atom stereocenters. The van der Waals surface area contributed by atoms with Crippen molar-refractivity contribution in [3.8, 4) is 5.75 Å². The summed E-state index contributed by atoms with van der Waals surface area (Å²) in [5, 5.41) is 33.2. The summed E-state index contributed by atoms with van der Waals surface area (Å²) in [6, 6.07) is 0.312. The van der Waals surface area contributed by atoms with Crippen molar-refractivity contribution in [1.82, 2.24) is 10.2 Å². The third-order valence-electron chi connectivity index (χ3n) is 3.71. The minimum Gasteiger partial charge on any atom is -0.506 e. The molecular weight excluding hydrogens is 416 g/mol. The maximum Gasteiger partial charge on any atom is 0.290 e. The number of aromatic hydroxyl groups is 1. The standard InChI is InChI=1S/C13H16BrF2N3O4.ClH/c14-10-6-8(19(22)23)5-9(11(10)21)12(13(15,16)7-20)18-3-1-17-2-4-18;/h5-6,12,17,20-21H,1-4,7H2;1H/t12-;/m1./s1. The van der Waals surface area contributed by atoms with Crippen LogP contribution in [0.1, 0.15) is 11.6 Å². The number of rotatable bonds is 5. The minimum absolute atomic E-state index is 0. The maximum absolute atomic E-state index is 14.3. The Morgan fingerprint density at radius 3 is 2.50 bits per heavy atom. The molecule has 24 heavy (non-hydrogen) atoms. The Balaban J connectivity index is 0.00000288. The highest BCUT2D eigenvalue weighted by molar-refractivity contribution is 9.10. The van der Waals surface area contributed by atoms with Crippen LogP contribution in [0.3, 0.4) is 0 Å². The van der Waals surface area contributed by atoms with E-state index in [0.29, 0.717) is 13.1 Å². The van der Waals surface area contributed by atoms with E-state index in [0.717, 1.165) is 12.1 Å². The van der Waals surface area contributed by atoms with Crippen molar-refractivity contribution < 1.29 is 23.9 Å². The highest BCUT2D eigenvalue weighted by atomic mass is 79.9. The summed E-state index contributed by atoms with van der Waals surface area (Å²) < 4.78 is 28.6. The van der Waals surface area contributed by atoms with Gasteiger partial charge in [-0.2, -0.15) is 0 Å². The number of aliphatic hydroxyl groups excluding tert-OH is 1. The molecule has 0 radical (unpaired) electrons. The van der Waals surface area contributed by atoms with Crippen LogP contribution in [-0.4, -0.2) is 58.7 Å². The van der Waals surface area contributed by atoms with Crippen LogP contribution < -0.4 is 5.32 Å². The van der Waals surface area contributed by atoms with E-state index < -0.39 is 34.9 Å². The second kappa shape index (κ2) is 8.34. The van der Waals surface area contributed by atoms with Crippen LogP contribution in [0, 0.1) is 10.1 Å². The predicted octanol–water partition coefficient (Wildman–Crippen LogP) is 2.06. The fraction of sp³-hybridized carbons (Fsp3) is 0.538.